The van der Waals surface area contributed by atoms with E-state index in [0.717, 1.165) is 45.6 Å². The Kier molecular flexibility index (Phi) is 5.64. The largest absolute Gasteiger partial charge is 0.469 e. The van der Waals surface area contributed by atoms with E-state index in [0.29, 0.717) is 5.92 Å². The zero-order valence-corrected chi connectivity index (χ0v) is 12.4. The van der Waals surface area contributed by atoms with Crippen molar-refractivity contribution in [1.82, 2.24) is 9.80 Å². The van der Waals surface area contributed by atoms with E-state index in [1.54, 1.807) is 0 Å². The number of ether oxygens (including phenoxy) is 1. The first-order valence-corrected chi connectivity index (χ1v) is 7.69. The van der Waals surface area contributed by atoms with Gasteiger partial charge in [-0.05, 0) is 64.8 Å². The molecule has 2 saturated heterocycles. The van der Waals surface area contributed by atoms with Gasteiger partial charge in [0.15, 0.2) is 0 Å². The Labute approximate surface area is 117 Å². The number of piperidine rings is 2. The Morgan fingerprint density at radius 1 is 1.16 bits per heavy atom. The highest BCUT2D eigenvalue weighted by Crippen LogP contribution is 2.27. The van der Waals surface area contributed by atoms with Gasteiger partial charge in [-0.2, -0.15) is 0 Å². The summed E-state index contributed by atoms with van der Waals surface area (Å²) in [5, 5.41) is 0. The SMILES string of the molecule is COC(=O)C(CN1CCCCC1)C1CCN(C)CC1. The zero-order valence-electron chi connectivity index (χ0n) is 12.4. The number of hydrogen-bond acceptors (Lipinski definition) is 4. The van der Waals surface area contributed by atoms with Crippen LogP contribution in [0.5, 0.6) is 0 Å². The molecule has 2 fully saturated rings. The summed E-state index contributed by atoms with van der Waals surface area (Å²) < 4.78 is 5.05. The third-order valence-corrected chi connectivity index (χ3v) is 4.74. The molecule has 0 aliphatic carbocycles. The quantitative estimate of drug-likeness (QED) is 0.725. The lowest BCUT2D eigenvalue weighted by Crippen LogP contribution is -2.43. The second-order valence-electron chi connectivity index (χ2n) is 6.13. The predicted molar refractivity (Wildman–Crippen MR) is 76.0 cm³/mol. The van der Waals surface area contributed by atoms with E-state index in [2.05, 4.69) is 16.8 Å². The van der Waals surface area contributed by atoms with Gasteiger partial charge in [-0.1, -0.05) is 6.42 Å². The highest BCUT2D eigenvalue weighted by atomic mass is 16.5. The van der Waals surface area contributed by atoms with Gasteiger partial charge in [0, 0.05) is 6.54 Å². The van der Waals surface area contributed by atoms with Crippen LogP contribution in [0.25, 0.3) is 0 Å². The van der Waals surface area contributed by atoms with Crippen molar-refractivity contribution in [3.8, 4) is 0 Å². The highest BCUT2D eigenvalue weighted by molar-refractivity contribution is 5.73. The lowest BCUT2D eigenvalue weighted by Gasteiger charge is -2.36. The molecule has 110 valence electrons. The summed E-state index contributed by atoms with van der Waals surface area (Å²) in [5.41, 5.74) is 0. The average molecular weight is 268 g/mol. The maximum absolute atomic E-state index is 12.1. The molecule has 0 aromatic carbocycles. The van der Waals surface area contributed by atoms with Crippen LogP contribution in [0.4, 0.5) is 0 Å². The fourth-order valence-corrected chi connectivity index (χ4v) is 3.42. The average Bonchev–Trinajstić information content (AvgIpc) is 2.46. The number of rotatable bonds is 4. The van der Waals surface area contributed by atoms with Gasteiger partial charge in [-0.15, -0.1) is 0 Å². The summed E-state index contributed by atoms with van der Waals surface area (Å²) in [4.78, 5) is 16.9. The molecule has 2 aliphatic heterocycles. The standard InChI is InChI=1S/C15H28N2O2/c1-16-10-6-13(7-11-16)14(15(18)19-2)12-17-8-4-3-5-9-17/h13-14H,3-12H2,1-2H3. The number of carbonyl (C=O) groups is 1. The topological polar surface area (TPSA) is 32.8 Å². The number of carbonyl (C=O) groups excluding carboxylic acids is 1. The van der Waals surface area contributed by atoms with E-state index in [1.807, 2.05) is 0 Å². The van der Waals surface area contributed by atoms with Gasteiger partial charge in [0.25, 0.3) is 0 Å². The van der Waals surface area contributed by atoms with Crippen LogP contribution in [0.15, 0.2) is 0 Å². The van der Waals surface area contributed by atoms with Gasteiger partial charge < -0.3 is 14.5 Å². The second-order valence-corrected chi connectivity index (χ2v) is 6.13. The molecule has 0 spiro atoms. The lowest BCUT2D eigenvalue weighted by atomic mass is 9.83. The molecule has 1 unspecified atom stereocenters. The van der Waals surface area contributed by atoms with Gasteiger partial charge in [0.1, 0.15) is 0 Å². The highest BCUT2D eigenvalue weighted by Gasteiger charge is 2.33. The van der Waals surface area contributed by atoms with Gasteiger partial charge >= 0.3 is 5.97 Å². The van der Waals surface area contributed by atoms with Crippen molar-refractivity contribution in [3.63, 3.8) is 0 Å². The third kappa shape index (κ3) is 4.18. The second kappa shape index (κ2) is 7.25. The van der Waals surface area contributed by atoms with Crippen LogP contribution in [0.2, 0.25) is 0 Å². The molecule has 0 bridgehead atoms. The molecule has 0 aromatic heterocycles. The van der Waals surface area contributed by atoms with Crippen LogP contribution in [-0.2, 0) is 9.53 Å². The zero-order chi connectivity index (χ0) is 13.7. The van der Waals surface area contributed by atoms with E-state index < -0.39 is 0 Å². The van der Waals surface area contributed by atoms with E-state index in [9.17, 15) is 4.79 Å². The van der Waals surface area contributed by atoms with Crippen molar-refractivity contribution < 1.29 is 9.53 Å². The molecule has 4 heteroatoms. The number of nitrogens with zero attached hydrogens (tertiary/aromatic N) is 2. The van der Waals surface area contributed by atoms with Crippen LogP contribution < -0.4 is 0 Å². The molecule has 0 radical (unpaired) electrons. The van der Waals surface area contributed by atoms with E-state index in [1.165, 1.54) is 26.4 Å². The Bertz CT molecular complexity index is 282. The van der Waals surface area contributed by atoms with E-state index >= 15 is 0 Å². The van der Waals surface area contributed by atoms with Crippen molar-refractivity contribution >= 4 is 5.97 Å². The first-order valence-electron chi connectivity index (χ1n) is 7.69. The lowest BCUT2D eigenvalue weighted by molar-refractivity contribution is -0.149. The van der Waals surface area contributed by atoms with Crippen LogP contribution in [0, 0.1) is 11.8 Å². The Morgan fingerprint density at radius 3 is 2.37 bits per heavy atom. The minimum atomic E-state index is 0.000117. The molecule has 4 nitrogen and oxygen atoms in total. The van der Waals surface area contributed by atoms with Crippen molar-refractivity contribution in [2.24, 2.45) is 11.8 Å². The van der Waals surface area contributed by atoms with Crippen molar-refractivity contribution in [2.75, 3.05) is 46.9 Å². The van der Waals surface area contributed by atoms with Gasteiger partial charge in [0.2, 0.25) is 0 Å². The van der Waals surface area contributed by atoms with Crippen LogP contribution in [-0.4, -0.2) is 62.7 Å². The van der Waals surface area contributed by atoms with E-state index in [4.69, 9.17) is 4.74 Å². The minimum absolute atomic E-state index is 0.000117. The normalized spacial score (nSPS) is 25.2. The van der Waals surface area contributed by atoms with Crippen LogP contribution in [0.1, 0.15) is 32.1 Å². The Balaban J connectivity index is 1.92. The van der Waals surface area contributed by atoms with Crippen molar-refractivity contribution in [2.45, 2.75) is 32.1 Å². The summed E-state index contributed by atoms with van der Waals surface area (Å²) in [6.07, 6.45) is 6.16. The van der Waals surface area contributed by atoms with E-state index in [-0.39, 0.29) is 11.9 Å². The number of hydrogen-bond donors (Lipinski definition) is 0. The first kappa shape index (κ1) is 14.8. The van der Waals surface area contributed by atoms with Gasteiger partial charge in [-0.3, -0.25) is 4.79 Å². The Hall–Kier alpha value is -0.610. The van der Waals surface area contributed by atoms with Crippen molar-refractivity contribution in [1.29, 1.82) is 0 Å². The predicted octanol–water partition coefficient (Wildman–Crippen LogP) is 1.60. The summed E-state index contributed by atoms with van der Waals surface area (Å²) in [5.74, 6) is 0.586. The third-order valence-electron chi connectivity index (χ3n) is 4.74. The molecule has 19 heavy (non-hydrogen) atoms. The molecule has 0 N–H and O–H groups in total. The summed E-state index contributed by atoms with van der Waals surface area (Å²) in [6, 6.07) is 0. The maximum atomic E-state index is 12.1. The summed E-state index contributed by atoms with van der Waals surface area (Å²) in [7, 11) is 3.69. The number of esters is 1. The molecule has 2 rings (SSSR count). The van der Waals surface area contributed by atoms with Crippen LogP contribution >= 0.6 is 0 Å². The van der Waals surface area contributed by atoms with Crippen LogP contribution in [0.3, 0.4) is 0 Å². The summed E-state index contributed by atoms with van der Waals surface area (Å²) in [6.45, 7) is 5.43. The molecule has 0 saturated carbocycles. The molecule has 1 atom stereocenters. The number of methoxy groups -OCH3 is 1. The fourth-order valence-electron chi connectivity index (χ4n) is 3.42. The van der Waals surface area contributed by atoms with Crippen molar-refractivity contribution in [3.05, 3.63) is 0 Å². The smallest absolute Gasteiger partial charge is 0.310 e. The van der Waals surface area contributed by atoms with Gasteiger partial charge in [-0.25, -0.2) is 0 Å². The fraction of sp³-hybridized carbons (Fsp3) is 0.933. The number of likely N-dealkylation sites (tertiary alicyclic amines) is 2. The molecular weight excluding hydrogens is 240 g/mol. The molecule has 0 amide bonds. The minimum Gasteiger partial charge on any atom is -0.469 e. The first-order chi connectivity index (χ1) is 9.20. The molecule has 2 aliphatic rings. The maximum Gasteiger partial charge on any atom is 0.310 e. The molecule has 2 heterocycles. The summed E-state index contributed by atoms with van der Waals surface area (Å²) >= 11 is 0. The Morgan fingerprint density at radius 2 is 1.79 bits per heavy atom. The molecular formula is C15H28N2O2. The molecule has 0 aromatic rings. The van der Waals surface area contributed by atoms with Gasteiger partial charge in [0.05, 0.1) is 13.0 Å². The monoisotopic (exact) mass is 268 g/mol.